The lowest BCUT2D eigenvalue weighted by atomic mass is 9.90. The van der Waals surface area contributed by atoms with E-state index in [0.29, 0.717) is 31.6 Å². The maximum Gasteiger partial charge on any atom is 0.306 e. The van der Waals surface area contributed by atoms with Crippen LogP contribution in [0.5, 0.6) is 5.75 Å². The Hall–Kier alpha value is -2.03. The molecule has 3 aliphatic heterocycles. The van der Waals surface area contributed by atoms with Crippen molar-refractivity contribution in [3.63, 3.8) is 0 Å². The van der Waals surface area contributed by atoms with Gasteiger partial charge in [-0.25, -0.2) is 0 Å². The number of esters is 1. The molecule has 0 saturated carbocycles. The van der Waals surface area contributed by atoms with E-state index in [0.717, 1.165) is 56.3 Å². The predicted octanol–water partition coefficient (Wildman–Crippen LogP) is 5.86. The highest BCUT2D eigenvalue weighted by Crippen LogP contribution is 2.43. The Kier molecular flexibility index (Phi) is 9.73. The number of nitrogens with zero attached hydrogens (tertiary/aromatic N) is 1. The first-order chi connectivity index (χ1) is 17.5. The minimum atomic E-state index is -1.02. The molecular weight excluding hydrogens is 478 g/mol. The van der Waals surface area contributed by atoms with Gasteiger partial charge in [-0.05, 0) is 56.2 Å². The van der Waals surface area contributed by atoms with E-state index in [1.165, 1.54) is 11.8 Å². The van der Waals surface area contributed by atoms with Crippen LogP contribution in [-0.2, 0) is 25.5 Å². The standard InChI is InChI=1S/C28H39NO6S/c1-32-22-15-13-21(14-16-22)19-29-25(20-36-27(29)31)28(33-2)18-24-17-23(35-28)11-9-7-5-3-4-6-8-10-12-26(30)34-24/h3,5,13-16,23-25H,4,6-12,17-20H2,1-2H3/b5-3+/t23-,24?,25+,28-/m1/s1. The van der Waals surface area contributed by atoms with Gasteiger partial charge in [0.1, 0.15) is 11.9 Å². The summed E-state index contributed by atoms with van der Waals surface area (Å²) >= 11 is 1.29. The fraction of sp³-hybridized carbons (Fsp3) is 0.643. The molecule has 3 heterocycles. The first kappa shape index (κ1) is 27.0. The zero-order chi connectivity index (χ0) is 25.4. The van der Waals surface area contributed by atoms with E-state index >= 15 is 0 Å². The van der Waals surface area contributed by atoms with Crippen LogP contribution in [-0.4, -0.2) is 60.1 Å². The number of carbonyl (C=O) groups is 2. The van der Waals surface area contributed by atoms with Crippen LogP contribution in [0.1, 0.15) is 69.8 Å². The summed E-state index contributed by atoms with van der Waals surface area (Å²) in [5.41, 5.74) is 1.01. The third-order valence-corrected chi connectivity index (χ3v) is 8.32. The maximum absolute atomic E-state index is 13.0. The lowest BCUT2D eigenvalue weighted by Crippen LogP contribution is -2.60. The van der Waals surface area contributed by atoms with E-state index in [4.69, 9.17) is 18.9 Å². The third kappa shape index (κ3) is 6.84. The van der Waals surface area contributed by atoms with Crippen LogP contribution in [0, 0.1) is 0 Å². The number of hydrogen-bond donors (Lipinski definition) is 0. The molecule has 8 heteroatoms. The van der Waals surface area contributed by atoms with Crippen LogP contribution in [0.3, 0.4) is 0 Å². The summed E-state index contributed by atoms with van der Waals surface area (Å²) in [5.74, 6) is 0.171. The number of hydrogen-bond acceptors (Lipinski definition) is 7. The summed E-state index contributed by atoms with van der Waals surface area (Å²) in [4.78, 5) is 27.5. The van der Waals surface area contributed by atoms with E-state index in [9.17, 15) is 9.59 Å². The minimum Gasteiger partial charge on any atom is -0.497 e. The summed E-state index contributed by atoms with van der Waals surface area (Å²) in [6, 6.07) is 7.46. The summed E-state index contributed by atoms with van der Waals surface area (Å²) in [7, 11) is 3.28. The van der Waals surface area contributed by atoms with Crippen molar-refractivity contribution in [1.29, 1.82) is 0 Å². The predicted molar refractivity (Wildman–Crippen MR) is 140 cm³/mol. The molecule has 0 radical (unpaired) electrons. The molecule has 2 saturated heterocycles. The average molecular weight is 518 g/mol. The van der Waals surface area contributed by atoms with E-state index < -0.39 is 5.79 Å². The SMILES string of the molecule is COc1ccc(CN2C(=O)SC[C@H]2[C@@]2(OC)CC3C[C@@H](CCC/C=C/CCCCCC(=O)O3)O2)cc1. The Morgan fingerprint density at radius 2 is 1.81 bits per heavy atom. The number of ether oxygens (including phenoxy) is 4. The Morgan fingerprint density at radius 1 is 1.03 bits per heavy atom. The molecule has 0 spiro atoms. The molecule has 2 bridgehead atoms. The first-order valence-electron chi connectivity index (χ1n) is 13.2. The summed E-state index contributed by atoms with van der Waals surface area (Å²) in [6.45, 7) is 0.453. The summed E-state index contributed by atoms with van der Waals surface area (Å²) < 4.78 is 24.1. The molecule has 0 N–H and O–H groups in total. The second-order valence-electron chi connectivity index (χ2n) is 9.88. The van der Waals surface area contributed by atoms with Gasteiger partial charge in [0, 0.05) is 38.7 Å². The van der Waals surface area contributed by atoms with Crippen molar-refractivity contribution in [3.8, 4) is 5.75 Å². The summed E-state index contributed by atoms with van der Waals surface area (Å²) in [6.07, 6.45) is 12.5. The van der Waals surface area contributed by atoms with Gasteiger partial charge in [-0.1, -0.05) is 42.5 Å². The Morgan fingerprint density at radius 3 is 2.56 bits per heavy atom. The molecule has 1 amide bonds. The molecule has 1 unspecified atom stereocenters. The maximum atomic E-state index is 13.0. The molecule has 4 rings (SSSR count). The Bertz CT molecular complexity index is 906. The molecule has 0 aromatic heterocycles. The number of benzene rings is 1. The number of allylic oxidation sites excluding steroid dienone is 2. The van der Waals surface area contributed by atoms with Crippen LogP contribution in [0.25, 0.3) is 0 Å². The van der Waals surface area contributed by atoms with Gasteiger partial charge in [-0.15, -0.1) is 0 Å². The highest BCUT2D eigenvalue weighted by molar-refractivity contribution is 8.13. The van der Waals surface area contributed by atoms with Gasteiger partial charge >= 0.3 is 5.97 Å². The van der Waals surface area contributed by atoms with E-state index in [2.05, 4.69) is 12.2 Å². The zero-order valence-corrected chi connectivity index (χ0v) is 22.3. The monoisotopic (exact) mass is 517 g/mol. The topological polar surface area (TPSA) is 74.3 Å². The second-order valence-corrected chi connectivity index (χ2v) is 10.8. The molecular formula is C28H39NO6S. The van der Waals surface area contributed by atoms with Crippen LogP contribution in [0.4, 0.5) is 4.79 Å². The van der Waals surface area contributed by atoms with Gasteiger partial charge in [0.25, 0.3) is 5.24 Å². The normalized spacial score (nSPS) is 31.3. The van der Waals surface area contributed by atoms with E-state index in [1.807, 2.05) is 29.2 Å². The van der Waals surface area contributed by atoms with E-state index in [1.54, 1.807) is 14.2 Å². The van der Waals surface area contributed by atoms with Gasteiger partial charge in [0.05, 0.1) is 19.3 Å². The molecule has 2 fully saturated rings. The molecule has 1 aromatic carbocycles. The average Bonchev–Trinajstić information content (AvgIpc) is 3.25. The van der Waals surface area contributed by atoms with Crippen LogP contribution in [0.15, 0.2) is 36.4 Å². The summed E-state index contributed by atoms with van der Waals surface area (Å²) in [5, 5.41) is 0.00930. The molecule has 1 aromatic rings. The van der Waals surface area contributed by atoms with Gasteiger partial charge in [0.15, 0.2) is 5.79 Å². The fourth-order valence-electron chi connectivity index (χ4n) is 5.39. The van der Waals surface area contributed by atoms with Crippen molar-refractivity contribution in [2.24, 2.45) is 0 Å². The van der Waals surface area contributed by atoms with Gasteiger partial charge in [0.2, 0.25) is 0 Å². The number of fused-ring (bicyclic) bond motifs is 2. The van der Waals surface area contributed by atoms with Gasteiger partial charge in [-0.2, -0.15) is 0 Å². The number of amides is 1. The van der Waals surface area contributed by atoms with Gasteiger partial charge in [-0.3, -0.25) is 9.59 Å². The highest BCUT2D eigenvalue weighted by atomic mass is 32.2. The number of carbonyl (C=O) groups excluding carboxylic acids is 2. The fourth-order valence-corrected chi connectivity index (χ4v) is 6.48. The lowest BCUT2D eigenvalue weighted by molar-refractivity contribution is -0.306. The van der Waals surface area contributed by atoms with E-state index in [-0.39, 0.29) is 29.5 Å². The van der Waals surface area contributed by atoms with Crippen molar-refractivity contribution in [2.45, 2.75) is 94.8 Å². The zero-order valence-electron chi connectivity index (χ0n) is 21.5. The van der Waals surface area contributed by atoms with Crippen molar-refractivity contribution in [1.82, 2.24) is 4.90 Å². The van der Waals surface area contributed by atoms with Crippen LogP contribution < -0.4 is 4.74 Å². The number of rotatable bonds is 5. The molecule has 7 nitrogen and oxygen atoms in total. The van der Waals surface area contributed by atoms with Crippen molar-refractivity contribution >= 4 is 23.0 Å². The van der Waals surface area contributed by atoms with Crippen molar-refractivity contribution in [2.75, 3.05) is 20.0 Å². The largest absolute Gasteiger partial charge is 0.497 e. The minimum absolute atomic E-state index is 0.00930. The van der Waals surface area contributed by atoms with Crippen LogP contribution >= 0.6 is 11.8 Å². The molecule has 0 aliphatic carbocycles. The Labute approximate surface area is 218 Å². The quantitative estimate of drug-likeness (QED) is 0.358. The van der Waals surface area contributed by atoms with Gasteiger partial charge < -0.3 is 23.8 Å². The molecule has 3 aliphatic rings. The highest BCUT2D eigenvalue weighted by Gasteiger charge is 2.54. The number of methoxy groups -OCH3 is 2. The Balaban J connectivity index is 1.54. The molecule has 4 atom stereocenters. The van der Waals surface area contributed by atoms with Crippen molar-refractivity contribution in [3.05, 3.63) is 42.0 Å². The number of thioether (sulfide) groups is 1. The smallest absolute Gasteiger partial charge is 0.306 e. The van der Waals surface area contributed by atoms with Crippen LogP contribution in [0.2, 0.25) is 0 Å². The van der Waals surface area contributed by atoms with Crippen molar-refractivity contribution < 1.29 is 28.5 Å². The third-order valence-electron chi connectivity index (χ3n) is 7.36. The lowest BCUT2D eigenvalue weighted by Gasteiger charge is -2.48. The first-order valence-corrected chi connectivity index (χ1v) is 14.2. The molecule has 198 valence electrons. The molecule has 36 heavy (non-hydrogen) atoms. The second kappa shape index (κ2) is 13.0.